The van der Waals surface area contributed by atoms with Crippen LogP contribution in [0.5, 0.6) is 0 Å². The highest BCUT2D eigenvalue weighted by atomic mass is 16.2. The number of piperazine rings is 1. The van der Waals surface area contributed by atoms with Crippen molar-refractivity contribution in [3.05, 3.63) is 35.5 Å². The lowest BCUT2D eigenvalue weighted by molar-refractivity contribution is -0.123. The molecule has 2 saturated heterocycles. The fourth-order valence-electron chi connectivity index (χ4n) is 6.26. The predicted molar refractivity (Wildman–Crippen MR) is 130 cm³/mol. The van der Waals surface area contributed by atoms with Crippen molar-refractivity contribution in [3.63, 3.8) is 0 Å². The molecule has 1 aliphatic carbocycles. The molecule has 1 aromatic heterocycles. The Kier molecular flexibility index (Phi) is 5.13. The molecule has 1 amide bonds. The molecule has 3 fully saturated rings. The molecule has 4 heterocycles. The minimum Gasteiger partial charge on any atom is -0.369 e. The van der Waals surface area contributed by atoms with Crippen molar-refractivity contribution in [1.82, 2.24) is 20.6 Å². The number of hydrogen-bond acceptors (Lipinski definition) is 7. The quantitative estimate of drug-likeness (QED) is 0.664. The minimum absolute atomic E-state index is 0.154. The Morgan fingerprint density at radius 3 is 2.70 bits per heavy atom. The number of rotatable bonds is 4. The van der Waals surface area contributed by atoms with Gasteiger partial charge in [-0.1, -0.05) is 12.8 Å². The molecular formula is C25H33N7O. The summed E-state index contributed by atoms with van der Waals surface area (Å²) in [4.78, 5) is 27.4. The standard InChI is InChI=1S/C25H33N7O/c1-17-14-19(6-7-21(17)31-12-10-26-11-13-31)29-24-28-16-18-15-25(8-9-27-23(25)33)32(22(18)30-24)20-4-2-3-5-20/h6-7,14,16,20,26H,2-5,8-13,15H2,1H3,(H,27,33)(H,28,29,30). The number of carbonyl (C=O) groups is 1. The molecule has 3 aliphatic heterocycles. The molecule has 8 heteroatoms. The number of nitrogens with one attached hydrogen (secondary N) is 3. The summed E-state index contributed by atoms with van der Waals surface area (Å²) in [5.74, 6) is 1.70. The molecule has 1 saturated carbocycles. The van der Waals surface area contributed by atoms with Crippen LogP contribution in [0.1, 0.15) is 43.2 Å². The predicted octanol–water partition coefficient (Wildman–Crippen LogP) is 2.50. The lowest BCUT2D eigenvalue weighted by atomic mass is 9.91. The zero-order valence-electron chi connectivity index (χ0n) is 19.4. The number of hydrogen-bond donors (Lipinski definition) is 3. The van der Waals surface area contributed by atoms with Gasteiger partial charge < -0.3 is 25.8 Å². The largest absolute Gasteiger partial charge is 0.369 e. The third kappa shape index (κ3) is 3.51. The number of fused-ring (bicyclic) bond motifs is 1. The summed E-state index contributed by atoms with van der Waals surface area (Å²) < 4.78 is 0. The normalized spacial score (nSPS) is 25.1. The van der Waals surface area contributed by atoms with Crippen LogP contribution in [0.15, 0.2) is 24.4 Å². The fraction of sp³-hybridized carbons (Fsp3) is 0.560. The summed E-state index contributed by atoms with van der Waals surface area (Å²) >= 11 is 0. The van der Waals surface area contributed by atoms with Gasteiger partial charge in [0.1, 0.15) is 11.4 Å². The molecule has 8 nitrogen and oxygen atoms in total. The van der Waals surface area contributed by atoms with Gasteiger partial charge in [-0.3, -0.25) is 4.79 Å². The maximum absolute atomic E-state index is 13.0. The zero-order valence-corrected chi connectivity index (χ0v) is 19.4. The van der Waals surface area contributed by atoms with Crippen LogP contribution in [0.3, 0.4) is 0 Å². The molecule has 1 aromatic carbocycles. The number of aryl methyl sites for hydroxylation is 1. The first-order valence-corrected chi connectivity index (χ1v) is 12.4. The molecule has 174 valence electrons. The van der Waals surface area contributed by atoms with Crippen LogP contribution in [0.25, 0.3) is 0 Å². The van der Waals surface area contributed by atoms with Gasteiger partial charge in [0.2, 0.25) is 11.9 Å². The van der Waals surface area contributed by atoms with Crippen LogP contribution in [0, 0.1) is 6.92 Å². The minimum atomic E-state index is -0.480. The summed E-state index contributed by atoms with van der Waals surface area (Å²) in [5.41, 5.74) is 4.14. The lowest BCUT2D eigenvalue weighted by Gasteiger charge is -2.38. The molecule has 4 aliphatic rings. The summed E-state index contributed by atoms with van der Waals surface area (Å²) in [6.45, 7) is 7.03. The van der Waals surface area contributed by atoms with Crippen molar-refractivity contribution in [1.29, 1.82) is 0 Å². The van der Waals surface area contributed by atoms with E-state index < -0.39 is 5.54 Å². The van der Waals surface area contributed by atoms with Crippen LogP contribution >= 0.6 is 0 Å². The Balaban J connectivity index is 1.28. The Bertz CT molecular complexity index is 1060. The number of aromatic nitrogens is 2. The van der Waals surface area contributed by atoms with E-state index >= 15 is 0 Å². The van der Waals surface area contributed by atoms with Crippen LogP contribution in [-0.2, 0) is 11.2 Å². The van der Waals surface area contributed by atoms with E-state index in [2.05, 4.69) is 55.9 Å². The smallest absolute Gasteiger partial charge is 0.246 e. The van der Waals surface area contributed by atoms with Gasteiger partial charge in [0.15, 0.2) is 0 Å². The van der Waals surface area contributed by atoms with Crippen molar-refractivity contribution in [2.75, 3.05) is 47.8 Å². The molecule has 1 spiro atoms. The molecule has 33 heavy (non-hydrogen) atoms. The molecule has 1 unspecified atom stereocenters. The summed E-state index contributed by atoms with van der Waals surface area (Å²) in [5, 5.41) is 9.92. The van der Waals surface area contributed by atoms with Gasteiger partial charge in [0, 0.05) is 68.3 Å². The number of carbonyl (C=O) groups excluding carboxylic acids is 1. The molecule has 2 aromatic rings. The van der Waals surface area contributed by atoms with Gasteiger partial charge in [-0.25, -0.2) is 4.98 Å². The number of benzene rings is 1. The number of nitrogens with zero attached hydrogens (tertiary/aromatic N) is 4. The molecule has 1 atom stereocenters. The highest BCUT2D eigenvalue weighted by molar-refractivity contribution is 5.94. The highest BCUT2D eigenvalue weighted by Crippen LogP contribution is 2.46. The highest BCUT2D eigenvalue weighted by Gasteiger charge is 2.55. The first kappa shape index (κ1) is 20.7. The lowest BCUT2D eigenvalue weighted by Crippen LogP contribution is -2.56. The first-order valence-electron chi connectivity index (χ1n) is 12.4. The first-order chi connectivity index (χ1) is 16.1. The van der Waals surface area contributed by atoms with Crippen LogP contribution in [0.2, 0.25) is 0 Å². The van der Waals surface area contributed by atoms with Gasteiger partial charge in [-0.2, -0.15) is 4.98 Å². The van der Waals surface area contributed by atoms with Crippen LogP contribution in [0.4, 0.5) is 23.1 Å². The van der Waals surface area contributed by atoms with Gasteiger partial charge in [0.05, 0.1) is 0 Å². The van der Waals surface area contributed by atoms with E-state index in [4.69, 9.17) is 4.98 Å². The SMILES string of the molecule is Cc1cc(Nc2ncc3c(n2)N(C2CCCC2)C2(CCNC2=O)C3)ccc1N1CCNCC1. The second kappa shape index (κ2) is 8.17. The van der Waals surface area contributed by atoms with Gasteiger partial charge in [0.25, 0.3) is 0 Å². The van der Waals surface area contributed by atoms with Gasteiger partial charge >= 0.3 is 0 Å². The molecular weight excluding hydrogens is 414 g/mol. The summed E-state index contributed by atoms with van der Waals surface area (Å²) in [6.07, 6.45) is 8.19. The Morgan fingerprint density at radius 1 is 1.15 bits per heavy atom. The van der Waals surface area contributed by atoms with E-state index in [-0.39, 0.29) is 5.91 Å². The molecule has 0 radical (unpaired) electrons. The molecule has 6 rings (SSSR count). The maximum Gasteiger partial charge on any atom is 0.246 e. The van der Waals surface area contributed by atoms with Crippen LogP contribution < -0.4 is 25.8 Å². The van der Waals surface area contributed by atoms with Crippen molar-refractivity contribution < 1.29 is 4.79 Å². The average molecular weight is 448 g/mol. The van der Waals surface area contributed by atoms with E-state index in [0.717, 1.165) is 69.1 Å². The maximum atomic E-state index is 13.0. The van der Waals surface area contributed by atoms with Gasteiger partial charge in [-0.05, 0) is 49.9 Å². The third-order valence-electron chi connectivity index (χ3n) is 7.86. The summed E-state index contributed by atoms with van der Waals surface area (Å²) in [7, 11) is 0. The van der Waals surface area contributed by atoms with E-state index in [1.165, 1.54) is 24.1 Å². The van der Waals surface area contributed by atoms with E-state index in [9.17, 15) is 4.79 Å². The number of amides is 1. The van der Waals surface area contributed by atoms with Crippen molar-refractivity contribution in [3.8, 4) is 0 Å². The van der Waals surface area contributed by atoms with Gasteiger partial charge in [-0.15, -0.1) is 0 Å². The second-order valence-corrected chi connectivity index (χ2v) is 9.93. The van der Waals surface area contributed by atoms with Crippen molar-refractivity contribution in [2.24, 2.45) is 0 Å². The van der Waals surface area contributed by atoms with E-state index in [1.54, 1.807) is 0 Å². The number of anilines is 4. The van der Waals surface area contributed by atoms with Crippen molar-refractivity contribution in [2.45, 2.75) is 57.0 Å². The summed E-state index contributed by atoms with van der Waals surface area (Å²) in [6, 6.07) is 6.87. The average Bonchev–Trinajstić information content (AvgIpc) is 3.54. The Morgan fingerprint density at radius 2 is 1.97 bits per heavy atom. The van der Waals surface area contributed by atoms with E-state index in [1.807, 2.05) is 6.20 Å². The van der Waals surface area contributed by atoms with Crippen LogP contribution in [-0.4, -0.2) is 60.2 Å². The molecule has 0 bridgehead atoms. The second-order valence-electron chi connectivity index (χ2n) is 9.93. The molecule has 3 N–H and O–H groups in total. The van der Waals surface area contributed by atoms with E-state index in [0.29, 0.717) is 18.4 Å². The zero-order chi connectivity index (χ0) is 22.4. The van der Waals surface area contributed by atoms with Crippen molar-refractivity contribution >= 4 is 29.0 Å². The Hall–Kier alpha value is -2.87. The third-order valence-corrected chi connectivity index (χ3v) is 7.86. The fourth-order valence-corrected chi connectivity index (χ4v) is 6.26. The monoisotopic (exact) mass is 447 g/mol. The Labute approximate surface area is 195 Å². The topological polar surface area (TPSA) is 85.4 Å².